The Kier molecular flexibility index (Phi) is 5.34. The first-order chi connectivity index (χ1) is 14.6. The van der Waals surface area contributed by atoms with Gasteiger partial charge in [-0.05, 0) is 35.9 Å². The van der Waals surface area contributed by atoms with Crippen molar-refractivity contribution < 1.29 is 9.59 Å². The molecular weight excluding hydrogens is 398 g/mol. The number of para-hydroxylation sites is 2. The van der Waals surface area contributed by atoms with Crippen LogP contribution in [0.3, 0.4) is 0 Å². The second kappa shape index (κ2) is 8.24. The molecular formula is C24H16ClN3O2. The number of benzene rings is 3. The van der Waals surface area contributed by atoms with Crippen molar-refractivity contribution >= 4 is 40.4 Å². The first-order valence-corrected chi connectivity index (χ1v) is 9.63. The van der Waals surface area contributed by atoms with Gasteiger partial charge in [-0.2, -0.15) is 5.26 Å². The molecule has 0 radical (unpaired) electrons. The number of hydrogen-bond donors (Lipinski definition) is 1. The van der Waals surface area contributed by atoms with E-state index >= 15 is 0 Å². The molecule has 1 heterocycles. The zero-order valence-corrected chi connectivity index (χ0v) is 16.6. The van der Waals surface area contributed by atoms with Gasteiger partial charge >= 0.3 is 0 Å². The van der Waals surface area contributed by atoms with Crippen LogP contribution in [-0.4, -0.2) is 11.8 Å². The van der Waals surface area contributed by atoms with Gasteiger partial charge < -0.3 is 10.2 Å². The Morgan fingerprint density at radius 1 is 0.967 bits per heavy atom. The van der Waals surface area contributed by atoms with Gasteiger partial charge in [-0.15, -0.1) is 0 Å². The van der Waals surface area contributed by atoms with E-state index in [0.29, 0.717) is 28.5 Å². The summed E-state index contributed by atoms with van der Waals surface area (Å²) in [5.74, 6) is -0.999. The van der Waals surface area contributed by atoms with Crippen LogP contribution in [0.1, 0.15) is 11.1 Å². The van der Waals surface area contributed by atoms with Gasteiger partial charge in [-0.3, -0.25) is 9.59 Å². The van der Waals surface area contributed by atoms with Crippen LogP contribution >= 0.6 is 11.6 Å². The van der Waals surface area contributed by atoms with Gasteiger partial charge in [0.2, 0.25) is 0 Å². The van der Waals surface area contributed by atoms with Gasteiger partial charge in [-0.1, -0.05) is 60.1 Å². The van der Waals surface area contributed by atoms with E-state index in [4.69, 9.17) is 11.6 Å². The fourth-order valence-electron chi connectivity index (χ4n) is 3.39. The Labute approximate surface area is 178 Å². The average molecular weight is 414 g/mol. The monoisotopic (exact) mass is 413 g/mol. The SMILES string of the molecule is N#CC(C(=O)Nc1ccccc1)=C1C(=O)N(Cc2ccc(Cl)cc2)c2ccccc21. The van der Waals surface area contributed by atoms with Crippen molar-refractivity contribution in [3.8, 4) is 6.07 Å². The standard InChI is InChI=1S/C24H16ClN3O2/c25-17-12-10-16(11-13-17)15-28-21-9-5-4-8-19(21)22(24(28)30)20(14-26)23(29)27-18-6-2-1-3-7-18/h1-13H,15H2,(H,27,29). The molecule has 2 amide bonds. The van der Waals surface area contributed by atoms with Gasteiger partial charge in [0.25, 0.3) is 11.8 Å². The summed E-state index contributed by atoms with van der Waals surface area (Å²) in [5, 5.41) is 13.0. The van der Waals surface area contributed by atoms with E-state index in [9.17, 15) is 14.9 Å². The van der Waals surface area contributed by atoms with Crippen LogP contribution in [0.4, 0.5) is 11.4 Å². The summed E-state index contributed by atoms with van der Waals surface area (Å²) in [6.07, 6.45) is 0. The third-order valence-electron chi connectivity index (χ3n) is 4.80. The predicted octanol–water partition coefficient (Wildman–Crippen LogP) is 4.80. The van der Waals surface area contributed by atoms with Crippen LogP contribution in [0.15, 0.2) is 84.4 Å². The average Bonchev–Trinajstić information content (AvgIpc) is 3.03. The summed E-state index contributed by atoms with van der Waals surface area (Å²) in [6, 6.07) is 25.1. The molecule has 0 aliphatic carbocycles. The number of nitriles is 1. The molecule has 0 saturated carbocycles. The number of halogens is 1. The minimum Gasteiger partial charge on any atom is -0.321 e. The number of amides is 2. The smallest absolute Gasteiger partial charge is 0.267 e. The first-order valence-electron chi connectivity index (χ1n) is 9.25. The maximum atomic E-state index is 13.3. The molecule has 0 atom stereocenters. The van der Waals surface area contributed by atoms with Crippen molar-refractivity contribution in [1.29, 1.82) is 5.26 Å². The van der Waals surface area contributed by atoms with Gasteiger partial charge in [0.15, 0.2) is 0 Å². The molecule has 6 heteroatoms. The van der Waals surface area contributed by atoms with Crippen LogP contribution in [0.25, 0.3) is 5.57 Å². The maximum absolute atomic E-state index is 13.3. The Bertz CT molecular complexity index is 1200. The zero-order valence-electron chi connectivity index (χ0n) is 15.8. The Balaban J connectivity index is 1.73. The van der Waals surface area contributed by atoms with E-state index < -0.39 is 5.91 Å². The van der Waals surface area contributed by atoms with Crippen molar-refractivity contribution in [2.75, 3.05) is 10.2 Å². The molecule has 146 valence electrons. The largest absolute Gasteiger partial charge is 0.321 e. The predicted molar refractivity (Wildman–Crippen MR) is 117 cm³/mol. The van der Waals surface area contributed by atoms with Crippen molar-refractivity contribution in [3.05, 3.63) is 101 Å². The van der Waals surface area contributed by atoms with E-state index in [-0.39, 0.29) is 17.1 Å². The highest BCUT2D eigenvalue weighted by molar-refractivity contribution is 6.37. The highest BCUT2D eigenvalue weighted by Gasteiger charge is 2.36. The van der Waals surface area contributed by atoms with Crippen molar-refractivity contribution in [2.24, 2.45) is 0 Å². The third kappa shape index (κ3) is 3.69. The van der Waals surface area contributed by atoms with E-state index in [0.717, 1.165) is 5.56 Å². The van der Waals surface area contributed by atoms with Crippen LogP contribution in [-0.2, 0) is 16.1 Å². The number of nitrogens with one attached hydrogen (secondary N) is 1. The molecule has 0 aromatic heterocycles. The van der Waals surface area contributed by atoms with Gasteiger partial charge in [0, 0.05) is 16.3 Å². The number of carbonyl (C=O) groups excluding carboxylic acids is 2. The van der Waals surface area contributed by atoms with Crippen LogP contribution in [0.5, 0.6) is 0 Å². The fraction of sp³-hybridized carbons (Fsp3) is 0.0417. The molecule has 1 N–H and O–H groups in total. The summed E-state index contributed by atoms with van der Waals surface area (Å²) >= 11 is 5.95. The Morgan fingerprint density at radius 3 is 2.33 bits per heavy atom. The molecule has 0 bridgehead atoms. The van der Waals surface area contributed by atoms with Crippen LogP contribution in [0, 0.1) is 11.3 Å². The summed E-state index contributed by atoms with van der Waals surface area (Å²) in [6.45, 7) is 0.301. The number of hydrogen-bond acceptors (Lipinski definition) is 3. The van der Waals surface area contributed by atoms with Crippen molar-refractivity contribution in [3.63, 3.8) is 0 Å². The molecule has 30 heavy (non-hydrogen) atoms. The molecule has 3 aromatic rings. The quantitative estimate of drug-likeness (QED) is 0.493. The van der Waals surface area contributed by atoms with Crippen molar-refractivity contribution in [1.82, 2.24) is 0 Å². The van der Waals surface area contributed by atoms with E-state index in [2.05, 4.69) is 5.32 Å². The molecule has 0 spiro atoms. The molecule has 5 nitrogen and oxygen atoms in total. The minimum absolute atomic E-state index is 0.107. The Morgan fingerprint density at radius 2 is 1.63 bits per heavy atom. The van der Waals surface area contributed by atoms with E-state index in [1.165, 1.54) is 0 Å². The summed E-state index contributed by atoms with van der Waals surface area (Å²) in [7, 11) is 0. The highest BCUT2D eigenvalue weighted by Crippen LogP contribution is 2.39. The number of fused-ring (bicyclic) bond motifs is 1. The summed E-state index contributed by atoms with van der Waals surface area (Å²) < 4.78 is 0. The van der Waals surface area contributed by atoms with E-state index in [1.807, 2.05) is 30.3 Å². The number of rotatable bonds is 4. The third-order valence-corrected chi connectivity index (χ3v) is 5.05. The van der Waals surface area contributed by atoms with Crippen LogP contribution in [0.2, 0.25) is 5.02 Å². The molecule has 3 aromatic carbocycles. The van der Waals surface area contributed by atoms with E-state index in [1.54, 1.807) is 59.5 Å². The van der Waals surface area contributed by atoms with Gasteiger partial charge in [-0.25, -0.2) is 0 Å². The molecule has 1 aliphatic heterocycles. The number of anilines is 2. The topological polar surface area (TPSA) is 73.2 Å². The van der Waals surface area contributed by atoms with Gasteiger partial charge in [0.1, 0.15) is 11.6 Å². The molecule has 1 aliphatic rings. The second-order valence-corrected chi connectivity index (χ2v) is 7.15. The summed E-state index contributed by atoms with van der Waals surface area (Å²) in [5.41, 5.74) is 2.55. The number of nitrogens with zero attached hydrogens (tertiary/aromatic N) is 2. The van der Waals surface area contributed by atoms with Gasteiger partial charge in [0.05, 0.1) is 17.8 Å². The zero-order chi connectivity index (χ0) is 21.1. The second-order valence-electron chi connectivity index (χ2n) is 6.72. The first kappa shape index (κ1) is 19.4. The fourth-order valence-corrected chi connectivity index (χ4v) is 3.51. The maximum Gasteiger partial charge on any atom is 0.267 e. The normalized spacial score (nSPS) is 14.1. The van der Waals surface area contributed by atoms with Crippen molar-refractivity contribution in [2.45, 2.75) is 6.54 Å². The highest BCUT2D eigenvalue weighted by atomic mass is 35.5. The number of carbonyl (C=O) groups is 2. The lowest BCUT2D eigenvalue weighted by Gasteiger charge is -2.17. The lowest BCUT2D eigenvalue weighted by Crippen LogP contribution is -2.27. The molecule has 4 rings (SSSR count). The molecule has 0 unspecified atom stereocenters. The molecule has 0 fully saturated rings. The Hall–Kier alpha value is -3.88. The minimum atomic E-state index is -0.616. The van der Waals surface area contributed by atoms with Crippen LogP contribution < -0.4 is 10.2 Å². The summed E-state index contributed by atoms with van der Waals surface area (Å²) in [4.78, 5) is 27.7. The lowest BCUT2D eigenvalue weighted by molar-refractivity contribution is -0.114. The lowest BCUT2D eigenvalue weighted by atomic mass is 10.0. The molecule has 0 saturated heterocycles.